The second-order valence-corrected chi connectivity index (χ2v) is 4.46. The van der Waals surface area contributed by atoms with Gasteiger partial charge >= 0.3 is 0 Å². The molecule has 1 aromatic heterocycles. The molecule has 0 fully saturated rings. The molecule has 0 N–H and O–H groups in total. The van der Waals surface area contributed by atoms with Gasteiger partial charge in [0.25, 0.3) is 0 Å². The minimum atomic E-state index is 0.0231. The van der Waals surface area contributed by atoms with Gasteiger partial charge in [-0.25, -0.2) is 9.67 Å². The smallest absolute Gasteiger partial charge is 0.184 e. The Morgan fingerprint density at radius 3 is 2.45 bits per heavy atom. The zero-order chi connectivity index (χ0) is 14.5. The van der Waals surface area contributed by atoms with Gasteiger partial charge in [-0.05, 0) is 24.3 Å². The summed E-state index contributed by atoms with van der Waals surface area (Å²) in [7, 11) is 1.60. The minimum Gasteiger partial charge on any atom is -0.497 e. The lowest BCUT2D eigenvalue weighted by Crippen LogP contribution is -2.14. The van der Waals surface area contributed by atoms with E-state index in [0.29, 0.717) is 5.56 Å². The predicted molar refractivity (Wildman–Crippen MR) is 76.1 cm³/mol. The lowest BCUT2D eigenvalue weighted by molar-refractivity contribution is 0.0966. The Bertz CT molecular complexity index is 588. The molecule has 5 heteroatoms. The fourth-order valence-corrected chi connectivity index (χ4v) is 1.97. The zero-order valence-corrected chi connectivity index (χ0v) is 12.1. The average Bonchev–Trinajstić information content (AvgIpc) is 2.89. The molecule has 0 aliphatic heterocycles. The van der Waals surface area contributed by atoms with E-state index in [2.05, 4.69) is 10.1 Å². The van der Waals surface area contributed by atoms with Crippen LogP contribution in [0, 0.1) is 0 Å². The zero-order valence-electron chi connectivity index (χ0n) is 12.1. The second-order valence-electron chi connectivity index (χ2n) is 4.46. The van der Waals surface area contributed by atoms with E-state index in [0.717, 1.165) is 30.2 Å². The summed E-state index contributed by atoms with van der Waals surface area (Å²) < 4.78 is 6.78. The Labute approximate surface area is 118 Å². The Kier molecular flexibility index (Phi) is 4.50. The summed E-state index contributed by atoms with van der Waals surface area (Å²) in [5, 5.41) is 4.36. The first-order valence-electron chi connectivity index (χ1n) is 6.77. The van der Waals surface area contributed by atoms with Crippen molar-refractivity contribution < 1.29 is 9.53 Å². The van der Waals surface area contributed by atoms with Crippen molar-refractivity contribution in [2.45, 2.75) is 33.2 Å². The number of carbonyl (C=O) groups excluding carboxylic acids is 1. The van der Waals surface area contributed by atoms with Crippen molar-refractivity contribution in [2.75, 3.05) is 7.11 Å². The van der Waals surface area contributed by atoms with Crippen LogP contribution in [0.2, 0.25) is 0 Å². The largest absolute Gasteiger partial charge is 0.497 e. The van der Waals surface area contributed by atoms with Crippen molar-refractivity contribution in [3.05, 3.63) is 41.5 Å². The van der Waals surface area contributed by atoms with Crippen molar-refractivity contribution in [3.63, 3.8) is 0 Å². The van der Waals surface area contributed by atoms with Gasteiger partial charge in [-0.3, -0.25) is 4.79 Å². The molecule has 1 heterocycles. The van der Waals surface area contributed by atoms with Gasteiger partial charge in [0.1, 0.15) is 18.1 Å². The third-order valence-electron chi connectivity index (χ3n) is 3.13. The molecule has 0 unspecified atom stereocenters. The van der Waals surface area contributed by atoms with E-state index < -0.39 is 0 Å². The molecule has 0 aliphatic rings. The van der Waals surface area contributed by atoms with E-state index in [4.69, 9.17) is 4.74 Å². The fraction of sp³-hybridized carbons (Fsp3) is 0.400. The maximum atomic E-state index is 12.3. The van der Waals surface area contributed by atoms with Gasteiger partial charge < -0.3 is 4.74 Å². The van der Waals surface area contributed by atoms with Gasteiger partial charge in [0.05, 0.1) is 7.11 Å². The Balaban J connectivity index is 2.15. The summed E-state index contributed by atoms with van der Waals surface area (Å²) in [6.45, 7) is 4.24. The number of carbonyl (C=O) groups is 1. The summed E-state index contributed by atoms with van der Waals surface area (Å²) in [6.07, 6.45) is 1.54. The van der Waals surface area contributed by atoms with Crippen LogP contribution in [0.4, 0.5) is 0 Å². The summed E-state index contributed by atoms with van der Waals surface area (Å²) in [4.78, 5) is 16.7. The molecule has 0 spiro atoms. The third-order valence-corrected chi connectivity index (χ3v) is 3.13. The number of ether oxygens (including phenoxy) is 1. The van der Waals surface area contributed by atoms with E-state index in [9.17, 15) is 4.79 Å². The van der Waals surface area contributed by atoms with E-state index in [1.165, 1.54) is 0 Å². The predicted octanol–water partition coefficient (Wildman–Crippen LogP) is 2.29. The number of aromatic nitrogens is 3. The van der Waals surface area contributed by atoms with Crippen LogP contribution in [-0.2, 0) is 19.4 Å². The maximum Gasteiger partial charge on any atom is 0.184 e. The van der Waals surface area contributed by atoms with Crippen LogP contribution >= 0.6 is 0 Å². The molecular formula is C15H19N3O2. The number of hydrogen-bond donors (Lipinski definition) is 0. The third kappa shape index (κ3) is 3.04. The highest BCUT2D eigenvalue weighted by Crippen LogP contribution is 2.12. The van der Waals surface area contributed by atoms with Gasteiger partial charge in [0.15, 0.2) is 11.6 Å². The molecule has 0 atom stereocenters. The van der Waals surface area contributed by atoms with Crippen LogP contribution in [0.1, 0.15) is 35.9 Å². The van der Waals surface area contributed by atoms with Crippen LogP contribution in [-0.4, -0.2) is 27.7 Å². The molecule has 5 nitrogen and oxygen atoms in total. The number of ketones is 1. The van der Waals surface area contributed by atoms with Crippen molar-refractivity contribution in [1.29, 1.82) is 0 Å². The Morgan fingerprint density at radius 1 is 1.20 bits per heavy atom. The first-order valence-corrected chi connectivity index (χ1v) is 6.77. The Morgan fingerprint density at radius 2 is 1.90 bits per heavy atom. The molecule has 0 saturated heterocycles. The van der Waals surface area contributed by atoms with Crippen LogP contribution in [0.5, 0.6) is 5.75 Å². The molecule has 2 aromatic rings. The lowest BCUT2D eigenvalue weighted by atomic mass is 10.1. The van der Waals surface area contributed by atoms with Crippen molar-refractivity contribution >= 4 is 5.78 Å². The highest BCUT2D eigenvalue weighted by Gasteiger charge is 2.12. The highest BCUT2D eigenvalue weighted by atomic mass is 16.5. The van der Waals surface area contributed by atoms with Gasteiger partial charge in [0, 0.05) is 18.4 Å². The number of benzene rings is 1. The number of aryl methyl sites for hydroxylation is 2. The Hall–Kier alpha value is -2.17. The normalized spacial score (nSPS) is 10.6. The number of nitrogens with zero attached hydrogens (tertiary/aromatic N) is 3. The minimum absolute atomic E-state index is 0.0231. The second kappa shape index (κ2) is 6.32. The number of hydrogen-bond acceptors (Lipinski definition) is 4. The van der Waals surface area contributed by atoms with Crippen molar-refractivity contribution in [1.82, 2.24) is 14.8 Å². The topological polar surface area (TPSA) is 57.0 Å². The maximum absolute atomic E-state index is 12.3. The number of Topliss-reactive ketones (excluding diaryl/α,β-unsaturated/α-hetero) is 1. The monoisotopic (exact) mass is 273 g/mol. The van der Waals surface area contributed by atoms with E-state index >= 15 is 0 Å². The summed E-state index contributed by atoms with van der Waals surface area (Å²) in [5.74, 6) is 2.40. The molecule has 2 rings (SSSR count). The van der Waals surface area contributed by atoms with Crippen molar-refractivity contribution in [2.24, 2.45) is 0 Å². The summed E-state index contributed by atoms with van der Waals surface area (Å²) >= 11 is 0. The molecule has 1 aromatic carbocycles. The van der Waals surface area contributed by atoms with Gasteiger partial charge in [-0.2, -0.15) is 5.10 Å². The molecule has 0 radical (unpaired) electrons. The van der Waals surface area contributed by atoms with Crippen LogP contribution in [0.25, 0.3) is 0 Å². The summed E-state index contributed by atoms with van der Waals surface area (Å²) in [6, 6.07) is 7.11. The number of rotatable bonds is 6. The standard InChI is InChI=1S/C15H19N3O2/c1-4-14-16-15(5-2)18(17-14)10-13(19)11-6-8-12(20-3)9-7-11/h6-9H,4-5,10H2,1-3H3. The molecule has 106 valence electrons. The van der Waals surface area contributed by atoms with Gasteiger partial charge in [-0.1, -0.05) is 13.8 Å². The van der Waals surface area contributed by atoms with Gasteiger partial charge in [-0.15, -0.1) is 0 Å². The van der Waals surface area contributed by atoms with E-state index in [1.54, 1.807) is 36.1 Å². The first-order chi connectivity index (χ1) is 9.67. The van der Waals surface area contributed by atoms with Crippen molar-refractivity contribution in [3.8, 4) is 5.75 Å². The van der Waals surface area contributed by atoms with Gasteiger partial charge in [0.2, 0.25) is 0 Å². The quantitative estimate of drug-likeness (QED) is 0.758. The molecular weight excluding hydrogens is 254 g/mol. The molecule has 0 aliphatic carbocycles. The first kappa shape index (κ1) is 14.2. The molecule has 0 bridgehead atoms. The van der Waals surface area contributed by atoms with E-state index in [1.807, 2.05) is 13.8 Å². The van der Waals surface area contributed by atoms with Crippen LogP contribution < -0.4 is 4.74 Å². The molecule has 20 heavy (non-hydrogen) atoms. The van der Waals surface area contributed by atoms with Crippen LogP contribution in [0.3, 0.4) is 0 Å². The van der Waals surface area contributed by atoms with E-state index in [-0.39, 0.29) is 12.3 Å². The van der Waals surface area contributed by atoms with Crippen LogP contribution in [0.15, 0.2) is 24.3 Å². The number of methoxy groups -OCH3 is 1. The average molecular weight is 273 g/mol. The highest BCUT2D eigenvalue weighted by molar-refractivity contribution is 5.95. The molecule has 0 saturated carbocycles. The summed E-state index contributed by atoms with van der Waals surface area (Å²) in [5.41, 5.74) is 0.654. The molecule has 0 amide bonds. The lowest BCUT2D eigenvalue weighted by Gasteiger charge is -2.05. The SMILES string of the molecule is CCc1nc(CC)n(CC(=O)c2ccc(OC)cc2)n1. The fourth-order valence-electron chi connectivity index (χ4n) is 1.97.